The van der Waals surface area contributed by atoms with Gasteiger partial charge in [0, 0.05) is 6.07 Å². The van der Waals surface area contributed by atoms with Crippen molar-refractivity contribution in [1.29, 1.82) is 0 Å². The number of aryl methyl sites for hydroxylation is 1. The minimum atomic E-state index is -0.702. The Morgan fingerprint density at radius 2 is 2.00 bits per heavy atom. The van der Waals surface area contributed by atoms with Gasteiger partial charge in [-0.2, -0.15) is 0 Å². The first-order valence-corrected chi connectivity index (χ1v) is 5.77. The quantitative estimate of drug-likeness (QED) is 0.644. The fraction of sp³-hybridized carbons (Fsp3) is 0.0833. The van der Waals surface area contributed by atoms with Gasteiger partial charge < -0.3 is 0 Å². The van der Waals surface area contributed by atoms with Crippen LogP contribution in [-0.4, -0.2) is 19.6 Å². The third-order valence-corrected chi connectivity index (χ3v) is 2.98. The molecule has 2 aromatic heterocycles. The molecule has 0 bridgehead atoms. The van der Waals surface area contributed by atoms with Crippen molar-refractivity contribution in [3.63, 3.8) is 0 Å². The lowest BCUT2D eigenvalue weighted by molar-refractivity contribution is 0.581. The highest BCUT2D eigenvalue weighted by atomic mass is 35.5. The van der Waals surface area contributed by atoms with E-state index in [1.165, 1.54) is 28.9 Å². The molecule has 3 rings (SSSR count). The van der Waals surface area contributed by atoms with Crippen LogP contribution in [0.5, 0.6) is 0 Å². The maximum Gasteiger partial charge on any atom is 0.175 e. The van der Waals surface area contributed by atoms with Crippen molar-refractivity contribution in [2.75, 3.05) is 0 Å². The van der Waals surface area contributed by atoms with Crippen LogP contribution in [0, 0.1) is 18.6 Å². The average Bonchev–Trinajstić information content (AvgIpc) is 2.77. The fourth-order valence-electron chi connectivity index (χ4n) is 1.80. The largest absolute Gasteiger partial charge is 0.265 e. The van der Waals surface area contributed by atoms with E-state index >= 15 is 0 Å². The number of halogens is 3. The lowest BCUT2D eigenvalue weighted by Crippen LogP contribution is -1.98. The highest BCUT2D eigenvalue weighted by Crippen LogP contribution is 2.27. The molecule has 96 valence electrons. The Morgan fingerprint density at radius 1 is 1.21 bits per heavy atom. The van der Waals surface area contributed by atoms with Crippen molar-refractivity contribution >= 4 is 17.2 Å². The summed E-state index contributed by atoms with van der Waals surface area (Å²) < 4.78 is 29.3. The number of nitrogens with zero attached hydrogens (tertiary/aromatic N) is 4. The van der Waals surface area contributed by atoms with Crippen LogP contribution in [-0.2, 0) is 0 Å². The summed E-state index contributed by atoms with van der Waals surface area (Å²) in [4.78, 5) is 3.85. The van der Waals surface area contributed by atoms with Crippen LogP contribution in [0.25, 0.3) is 17.0 Å². The molecule has 1 aromatic carbocycles. The lowest BCUT2D eigenvalue weighted by atomic mass is 10.1. The molecule has 0 aliphatic heterocycles. The molecule has 0 aliphatic carbocycles. The van der Waals surface area contributed by atoms with E-state index in [2.05, 4.69) is 15.2 Å². The Kier molecular flexibility index (Phi) is 2.67. The summed E-state index contributed by atoms with van der Waals surface area (Å²) in [6.45, 7) is 1.55. The molecule has 0 spiro atoms. The van der Waals surface area contributed by atoms with E-state index in [9.17, 15) is 8.78 Å². The lowest BCUT2D eigenvalue weighted by Gasteiger charge is -2.05. The van der Waals surface area contributed by atoms with Gasteiger partial charge in [-0.25, -0.2) is 13.8 Å². The highest BCUT2D eigenvalue weighted by Gasteiger charge is 2.19. The van der Waals surface area contributed by atoms with Gasteiger partial charge in [0.05, 0.1) is 5.56 Å². The van der Waals surface area contributed by atoms with Crippen LogP contribution in [0.4, 0.5) is 8.78 Å². The predicted molar refractivity (Wildman–Crippen MR) is 65.9 cm³/mol. The highest BCUT2D eigenvalue weighted by molar-refractivity contribution is 6.29. The molecule has 0 radical (unpaired) electrons. The van der Waals surface area contributed by atoms with E-state index in [1.807, 2.05) is 0 Å². The van der Waals surface area contributed by atoms with E-state index < -0.39 is 11.6 Å². The average molecular weight is 281 g/mol. The number of hydrogen-bond donors (Lipinski definition) is 0. The molecule has 4 nitrogen and oxygen atoms in total. The van der Waals surface area contributed by atoms with Crippen LogP contribution < -0.4 is 0 Å². The molecule has 19 heavy (non-hydrogen) atoms. The molecule has 0 amide bonds. The molecule has 0 aliphatic rings. The van der Waals surface area contributed by atoms with Crippen molar-refractivity contribution in [3.05, 3.63) is 46.9 Å². The molecular formula is C12H7ClF2N4. The minimum absolute atomic E-state index is 0.0536. The monoisotopic (exact) mass is 280 g/mol. The molecule has 0 atom stereocenters. The van der Waals surface area contributed by atoms with Gasteiger partial charge in [-0.15, -0.1) is 10.2 Å². The second-order valence-electron chi connectivity index (χ2n) is 4.02. The number of aromatic nitrogens is 4. The zero-order chi connectivity index (χ0) is 13.6. The molecule has 2 heterocycles. The molecule has 7 heteroatoms. The standard InChI is InChI=1S/C12H7ClF2N4/c1-6-2-3-7(14)10(11(6)15)12-18-17-9-4-8(13)16-5-19(9)12/h2-5H,1H3. The van der Waals surface area contributed by atoms with E-state index in [4.69, 9.17) is 11.6 Å². The summed E-state index contributed by atoms with van der Waals surface area (Å²) in [6, 6.07) is 4.02. The second-order valence-corrected chi connectivity index (χ2v) is 4.40. The number of rotatable bonds is 1. The maximum absolute atomic E-state index is 14.1. The zero-order valence-electron chi connectivity index (χ0n) is 9.73. The van der Waals surface area contributed by atoms with Crippen LogP contribution in [0.3, 0.4) is 0 Å². The smallest absolute Gasteiger partial charge is 0.175 e. The Morgan fingerprint density at radius 3 is 2.79 bits per heavy atom. The van der Waals surface area contributed by atoms with Crippen molar-refractivity contribution in [2.24, 2.45) is 0 Å². The van der Waals surface area contributed by atoms with E-state index in [0.717, 1.165) is 0 Å². The summed E-state index contributed by atoms with van der Waals surface area (Å²) in [5.74, 6) is -1.31. The van der Waals surface area contributed by atoms with Gasteiger partial charge >= 0.3 is 0 Å². The fourth-order valence-corrected chi connectivity index (χ4v) is 1.95. The molecular weight excluding hydrogens is 274 g/mol. The van der Waals surface area contributed by atoms with Gasteiger partial charge in [-0.3, -0.25) is 4.40 Å². The van der Waals surface area contributed by atoms with Crippen molar-refractivity contribution in [1.82, 2.24) is 19.6 Å². The first kappa shape index (κ1) is 12.0. The van der Waals surface area contributed by atoms with Gasteiger partial charge in [0.1, 0.15) is 23.1 Å². The summed E-state index contributed by atoms with van der Waals surface area (Å²) in [7, 11) is 0. The number of benzene rings is 1. The van der Waals surface area contributed by atoms with Crippen molar-refractivity contribution in [3.8, 4) is 11.4 Å². The third-order valence-electron chi connectivity index (χ3n) is 2.77. The molecule has 0 saturated heterocycles. The molecule has 0 unspecified atom stereocenters. The van der Waals surface area contributed by atoms with Gasteiger partial charge in [-0.1, -0.05) is 17.7 Å². The summed E-state index contributed by atoms with van der Waals surface area (Å²) >= 11 is 5.72. The van der Waals surface area contributed by atoms with E-state index in [1.54, 1.807) is 6.92 Å². The summed E-state index contributed by atoms with van der Waals surface area (Å²) in [5.41, 5.74) is 0.474. The van der Waals surface area contributed by atoms with Crippen molar-refractivity contribution in [2.45, 2.75) is 6.92 Å². The normalized spacial score (nSPS) is 11.2. The van der Waals surface area contributed by atoms with E-state index in [0.29, 0.717) is 11.2 Å². The Hall–Kier alpha value is -2.08. The van der Waals surface area contributed by atoms with Crippen molar-refractivity contribution < 1.29 is 8.78 Å². The Bertz CT molecular complexity index is 785. The third kappa shape index (κ3) is 1.84. The number of fused-ring (bicyclic) bond motifs is 1. The summed E-state index contributed by atoms with van der Waals surface area (Å²) in [6.07, 6.45) is 1.33. The molecule has 0 fully saturated rings. The summed E-state index contributed by atoms with van der Waals surface area (Å²) in [5, 5.41) is 7.86. The molecule has 3 aromatic rings. The van der Waals surface area contributed by atoms with Gasteiger partial charge in [-0.05, 0) is 18.6 Å². The van der Waals surface area contributed by atoms with Gasteiger partial charge in [0.15, 0.2) is 11.5 Å². The van der Waals surface area contributed by atoms with Crippen LogP contribution in [0.1, 0.15) is 5.56 Å². The zero-order valence-corrected chi connectivity index (χ0v) is 10.5. The number of hydrogen-bond acceptors (Lipinski definition) is 3. The Labute approximate surface area is 111 Å². The van der Waals surface area contributed by atoms with Crippen LogP contribution >= 0.6 is 11.6 Å². The topological polar surface area (TPSA) is 43.1 Å². The maximum atomic E-state index is 14.1. The minimum Gasteiger partial charge on any atom is -0.265 e. The predicted octanol–water partition coefficient (Wildman–Crippen LogP) is 3.03. The molecule has 0 N–H and O–H groups in total. The SMILES string of the molecule is Cc1ccc(F)c(-c2nnc3cc(Cl)ncn23)c1F. The first-order valence-electron chi connectivity index (χ1n) is 5.39. The van der Waals surface area contributed by atoms with Crippen LogP contribution in [0.2, 0.25) is 5.15 Å². The Balaban J connectivity index is 2.34. The van der Waals surface area contributed by atoms with Gasteiger partial charge in [0.25, 0.3) is 0 Å². The van der Waals surface area contributed by atoms with Gasteiger partial charge in [0.2, 0.25) is 0 Å². The first-order chi connectivity index (χ1) is 9.08. The van der Waals surface area contributed by atoms with Crippen LogP contribution in [0.15, 0.2) is 24.5 Å². The van der Waals surface area contributed by atoms with E-state index in [-0.39, 0.29) is 16.5 Å². The second kappa shape index (κ2) is 4.24. The molecule has 0 saturated carbocycles.